The Morgan fingerprint density at radius 2 is 1.90 bits per heavy atom. The summed E-state index contributed by atoms with van der Waals surface area (Å²) in [5.74, 6) is 2.51. The summed E-state index contributed by atoms with van der Waals surface area (Å²) in [6.45, 7) is 5.25. The van der Waals surface area contributed by atoms with E-state index in [4.69, 9.17) is 19.3 Å². The van der Waals surface area contributed by atoms with Crippen LogP contribution in [0.15, 0.2) is 64.4 Å². The molecule has 2 aliphatic heterocycles. The van der Waals surface area contributed by atoms with Crippen molar-refractivity contribution >= 4 is 17.0 Å². The molecule has 3 heterocycles. The third-order valence-electron chi connectivity index (χ3n) is 5.41. The second-order valence-corrected chi connectivity index (χ2v) is 8.02. The molecule has 0 radical (unpaired) electrons. The minimum Gasteiger partial charge on any atom is -0.494 e. The van der Waals surface area contributed by atoms with Crippen LogP contribution in [0.25, 0.3) is 0 Å². The molecular weight excluding hydrogens is 396 g/mol. The fourth-order valence-electron chi connectivity index (χ4n) is 4.07. The summed E-state index contributed by atoms with van der Waals surface area (Å²) in [6, 6.07) is 16.5. The van der Waals surface area contributed by atoms with E-state index in [1.165, 1.54) is 0 Å². The summed E-state index contributed by atoms with van der Waals surface area (Å²) in [7, 11) is 0. The van der Waals surface area contributed by atoms with Gasteiger partial charge in [0.1, 0.15) is 5.75 Å². The van der Waals surface area contributed by atoms with Crippen molar-refractivity contribution in [3.63, 3.8) is 0 Å². The van der Waals surface area contributed by atoms with Crippen LogP contribution in [0.2, 0.25) is 0 Å². The number of hydrogen-bond acceptors (Lipinski definition) is 6. The Hall–Kier alpha value is -2.99. The van der Waals surface area contributed by atoms with Crippen molar-refractivity contribution in [3.05, 3.63) is 76.0 Å². The predicted molar refractivity (Wildman–Crippen MR) is 119 cm³/mol. The van der Waals surface area contributed by atoms with Crippen LogP contribution in [0.3, 0.4) is 0 Å². The summed E-state index contributed by atoms with van der Waals surface area (Å²) in [5, 5.41) is 11.3. The van der Waals surface area contributed by atoms with E-state index in [9.17, 15) is 0 Å². The Morgan fingerprint density at radius 1 is 1.07 bits per heavy atom. The lowest BCUT2D eigenvalue weighted by atomic mass is 9.95. The van der Waals surface area contributed by atoms with Crippen LogP contribution >= 0.6 is 11.3 Å². The van der Waals surface area contributed by atoms with E-state index < -0.39 is 0 Å². The van der Waals surface area contributed by atoms with Gasteiger partial charge in [-0.15, -0.1) is 0 Å². The fourth-order valence-corrected chi connectivity index (χ4v) is 4.74. The van der Waals surface area contributed by atoms with E-state index in [0.29, 0.717) is 13.2 Å². The zero-order chi connectivity index (χ0) is 20.5. The average molecular weight is 421 g/mol. The van der Waals surface area contributed by atoms with Crippen LogP contribution in [-0.4, -0.2) is 23.9 Å². The molecule has 5 rings (SSSR count). The molecule has 0 saturated carbocycles. The molecule has 6 heteroatoms. The number of hydrogen-bond donors (Lipinski definition) is 0. The number of hydrazone groups is 1. The van der Waals surface area contributed by atoms with E-state index in [1.807, 2.05) is 38.1 Å². The molecule has 0 fully saturated rings. The number of para-hydroxylation sites is 1. The van der Waals surface area contributed by atoms with Crippen molar-refractivity contribution < 1.29 is 14.2 Å². The number of ether oxygens (including phenoxy) is 3. The van der Waals surface area contributed by atoms with Crippen LogP contribution in [0.1, 0.15) is 49.2 Å². The Morgan fingerprint density at radius 3 is 2.63 bits per heavy atom. The first kappa shape index (κ1) is 19.0. The second-order valence-electron chi connectivity index (χ2n) is 7.24. The standard InChI is InChI=1S/C24H24N2O3S/c1-3-27-18-10-8-16(9-11-18)20-14-21-19-6-5-7-22(28-4-2)23(19)29-24(26(21)25-20)17-12-13-30-15-17/h5-13,15,21,24H,3-4,14H2,1-2H3/t21-,24-/m0/s1. The van der Waals surface area contributed by atoms with E-state index in [2.05, 4.69) is 40.0 Å². The van der Waals surface area contributed by atoms with Crippen LogP contribution in [-0.2, 0) is 0 Å². The summed E-state index contributed by atoms with van der Waals surface area (Å²) in [4.78, 5) is 0. The Bertz CT molecular complexity index is 1050. The van der Waals surface area contributed by atoms with Gasteiger partial charge in [0.25, 0.3) is 0 Å². The van der Waals surface area contributed by atoms with Gasteiger partial charge in [0, 0.05) is 17.5 Å². The lowest BCUT2D eigenvalue weighted by molar-refractivity contribution is -0.0209. The maximum atomic E-state index is 6.49. The Kier molecular flexibility index (Phi) is 5.09. The first-order chi connectivity index (χ1) is 14.8. The van der Waals surface area contributed by atoms with Gasteiger partial charge in [-0.3, -0.25) is 0 Å². The van der Waals surface area contributed by atoms with Gasteiger partial charge in [-0.1, -0.05) is 12.1 Å². The van der Waals surface area contributed by atoms with Gasteiger partial charge < -0.3 is 14.2 Å². The first-order valence-corrected chi connectivity index (χ1v) is 11.3. The number of nitrogens with zero attached hydrogens (tertiary/aromatic N) is 2. The number of benzene rings is 2. The fraction of sp³-hybridized carbons (Fsp3) is 0.292. The molecule has 3 aromatic rings. The summed E-state index contributed by atoms with van der Waals surface area (Å²) in [5.41, 5.74) is 4.40. The monoisotopic (exact) mass is 420 g/mol. The van der Waals surface area contributed by atoms with Crippen molar-refractivity contribution in [1.82, 2.24) is 5.01 Å². The van der Waals surface area contributed by atoms with Gasteiger partial charge in [-0.2, -0.15) is 16.4 Å². The molecule has 154 valence electrons. The van der Waals surface area contributed by atoms with E-state index in [-0.39, 0.29) is 12.3 Å². The van der Waals surface area contributed by atoms with E-state index in [1.54, 1.807) is 11.3 Å². The predicted octanol–water partition coefficient (Wildman–Crippen LogP) is 5.79. The van der Waals surface area contributed by atoms with Gasteiger partial charge in [0.15, 0.2) is 11.5 Å². The topological polar surface area (TPSA) is 43.3 Å². The van der Waals surface area contributed by atoms with E-state index in [0.717, 1.165) is 46.1 Å². The molecule has 2 aliphatic rings. The molecule has 1 aromatic heterocycles. The largest absolute Gasteiger partial charge is 0.494 e. The number of rotatable bonds is 6. The van der Waals surface area contributed by atoms with Crippen molar-refractivity contribution in [2.75, 3.05) is 13.2 Å². The zero-order valence-corrected chi connectivity index (χ0v) is 17.9. The van der Waals surface area contributed by atoms with Crippen molar-refractivity contribution in [2.45, 2.75) is 32.5 Å². The average Bonchev–Trinajstić information content (AvgIpc) is 3.45. The van der Waals surface area contributed by atoms with Gasteiger partial charge in [-0.05, 0) is 66.6 Å². The molecular formula is C24H24N2O3S. The van der Waals surface area contributed by atoms with E-state index >= 15 is 0 Å². The first-order valence-electron chi connectivity index (χ1n) is 10.3. The lowest BCUT2D eigenvalue weighted by Gasteiger charge is -2.38. The molecule has 30 heavy (non-hydrogen) atoms. The molecule has 0 aliphatic carbocycles. The molecule has 0 N–H and O–H groups in total. The zero-order valence-electron chi connectivity index (χ0n) is 17.1. The number of fused-ring (bicyclic) bond motifs is 3. The third kappa shape index (κ3) is 3.31. The lowest BCUT2D eigenvalue weighted by Crippen LogP contribution is -2.33. The van der Waals surface area contributed by atoms with Gasteiger partial charge in [0.2, 0.25) is 6.23 Å². The molecule has 0 amide bonds. The molecule has 0 saturated heterocycles. The van der Waals surface area contributed by atoms with Crippen LogP contribution in [0, 0.1) is 0 Å². The summed E-state index contributed by atoms with van der Waals surface area (Å²) >= 11 is 1.67. The molecule has 0 unspecified atom stereocenters. The van der Waals surface area contributed by atoms with Crippen LogP contribution < -0.4 is 14.2 Å². The highest BCUT2D eigenvalue weighted by atomic mass is 32.1. The summed E-state index contributed by atoms with van der Waals surface area (Å²) < 4.78 is 17.9. The van der Waals surface area contributed by atoms with Crippen molar-refractivity contribution in [2.24, 2.45) is 5.10 Å². The Balaban J connectivity index is 1.54. The third-order valence-corrected chi connectivity index (χ3v) is 6.11. The molecule has 0 bridgehead atoms. The number of thiophene rings is 1. The molecule has 2 atom stereocenters. The highest BCUT2D eigenvalue weighted by molar-refractivity contribution is 7.07. The van der Waals surface area contributed by atoms with Crippen LogP contribution in [0.4, 0.5) is 0 Å². The van der Waals surface area contributed by atoms with Gasteiger partial charge >= 0.3 is 0 Å². The smallest absolute Gasteiger partial charge is 0.214 e. The highest BCUT2D eigenvalue weighted by Gasteiger charge is 2.42. The second kappa shape index (κ2) is 8.03. The highest BCUT2D eigenvalue weighted by Crippen LogP contribution is 2.50. The quantitative estimate of drug-likeness (QED) is 0.506. The Labute approximate surface area is 180 Å². The SMILES string of the molecule is CCOc1ccc(C2=NN3[C@@H](C2)c2cccc(OCC)c2O[C@H]3c2ccsc2)cc1. The minimum atomic E-state index is -0.268. The molecule has 0 spiro atoms. The summed E-state index contributed by atoms with van der Waals surface area (Å²) in [6.07, 6.45) is 0.552. The molecule has 5 nitrogen and oxygen atoms in total. The van der Waals surface area contributed by atoms with Gasteiger partial charge in [0.05, 0.1) is 25.0 Å². The maximum Gasteiger partial charge on any atom is 0.214 e. The van der Waals surface area contributed by atoms with Crippen molar-refractivity contribution in [3.8, 4) is 17.2 Å². The minimum absolute atomic E-state index is 0.112. The molecule has 2 aromatic carbocycles. The van der Waals surface area contributed by atoms with Crippen LogP contribution in [0.5, 0.6) is 17.2 Å². The van der Waals surface area contributed by atoms with Gasteiger partial charge in [-0.25, -0.2) is 5.01 Å². The normalized spacial score (nSPS) is 19.5. The maximum absolute atomic E-state index is 6.49. The van der Waals surface area contributed by atoms with Crippen molar-refractivity contribution in [1.29, 1.82) is 0 Å².